The number of unbranched alkanes of at least 4 members (excludes halogenated alkanes) is 8. The number of carbonyl (C=O) groups excluding carboxylic acids is 1. The molecule has 0 fully saturated rings. The Morgan fingerprint density at radius 2 is 1.52 bits per heavy atom. The SMILES string of the molecule is CCCCCCCCCCCOc1ccc(C(=O)Oc2ccc3sc(=O)oc3c2)cc1. The molecule has 0 aliphatic rings. The molecule has 5 nitrogen and oxygen atoms in total. The van der Waals surface area contributed by atoms with Crippen molar-refractivity contribution >= 4 is 27.6 Å². The van der Waals surface area contributed by atoms with Gasteiger partial charge in [0.15, 0.2) is 5.58 Å². The van der Waals surface area contributed by atoms with E-state index in [4.69, 9.17) is 13.9 Å². The Morgan fingerprint density at radius 3 is 2.23 bits per heavy atom. The number of esters is 1. The van der Waals surface area contributed by atoms with Gasteiger partial charge < -0.3 is 13.9 Å². The number of carbonyl (C=O) groups is 1. The van der Waals surface area contributed by atoms with E-state index in [1.165, 1.54) is 51.4 Å². The smallest absolute Gasteiger partial charge is 0.396 e. The summed E-state index contributed by atoms with van der Waals surface area (Å²) in [5.74, 6) is 0.615. The molecule has 0 atom stereocenters. The Morgan fingerprint density at radius 1 is 0.871 bits per heavy atom. The maximum atomic E-state index is 12.4. The molecule has 0 radical (unpaired) electrons. The second-order valence-electron chi connectivity index (χ2n) is 7.65. The summed E-state index contributed by atoms with van der Waals surface area (Å²) in [7, 11) is 0. The number of fused-ring (bicyclic) bond motifs is 1. The first-order valence-corrected chi connectivity index (χ1v) is 12.0. The molecule has 1 heterocycles. The summed E-state index contributed by atoms with van der Waals surface area (Å²) in [6.07, 6.45) is 11.5. The summed E-state index contributed by atoms with van der Waals surface area (Å²) in [5, 5.41) is 0. The van der Waals surface area contributed by atoms with E-state index in [9.17, 15) is 9.59 Å². The van der Waals surface area contributed by atoms with Crippen molar-refractivity contribution in [1.29, 1.82) is 0 Å². The van der Waals surface area contributed by atoms with Gasteiger partial charge in [-0.25, -0.2) is 9.59 Å². The van der Waals surface area contributed by atoms with Gasteiger partial charge in [-0.3, -0.25) is 0 Å². The maximum absolute atomic E-state index is 12.4. The number of benzene rings is 2. The first-order valence-electron chi connectivity index (χ1n) is 11.1. The Kier molecular flexibility index (Phi) is 9.16. The van der Waals surface area contributed by atoms with Crippen molar-refractivity contribution in [2.24, 2.45) is 0 Å². The Balaban J connectivity index is 1.36. The summed E-state index contributed by atoms with van der Waals surface area (Å²) >= 11 is 1.02. The fourth-order valence-electron chi connectivity index (χ4n) is 3.37. The molecule has 1 aromatic heterocycles. The summed E-state index contributed by atoms with van der Waals surface area (Å²) in [6.45, 7) is 2.93. The molecule has 166 valence electrons. The van der Waals surface area contributed by atoms with Gasteiger partial charge in [-0.05, 0) is 42.8 Å². The van der Waals surface area contributed by atoms with E-state index in [0.29, 0.717) is 23.5 Å². The predicted molar refractivity (Wildman–Crippen MR) is 124 cm³/mol. The second-order valence-corrected chi connectivity index (χ2v) is 8.63. The van der Waals surface area contributed by atoms with E-state index in [2.05, 4.69) is 6.92 Å². The van der Waals surface area contributed by atoms with Crippen LogP contribution < -0.4 is 14.4 Å². The van der Waals surface area contributed by atoms with Crippen molar-refractivity contribution in [1.82, 2.24) is 0 Å². The minimum Gasteiger partial charge on any atom is -0.494 e. The average Bonchev–Trinajstić information content (AvgIpc) is 3.14. The van der Waals surface area contributed by atoms with E-state index in [1.54, 1.807) is 42.5 Å². The van der Waals surface area contributed by atoms with Gasteiger partial charge in [0.05, 0.1) is 16.9 Å². The Bertz CT molecular complexity index is 1000. The first kappa shape index (κ1) is 23.1. The lowest BCUT2D eigenvalue weighted by atomic mass is 10.1. The molecule has 0 spiro atoms. The molecule has 0 amide bonds. The highest BCUT2D eigenvalue weighted by atomic mass is 32.1. The maximum Gasteiger partial charge on any atom is 0.396 e. The minimum atomic E-state index is -0.470. The lowest BCUT2D eigenvalue weighted by Gasteiger charge is -2.08. The molecule has 0 saturated carbocycles. The fraction of sp³-hybridized carbons (Fsp3) is 0.440. The van der Waals surface area contributed by atoms with E-state index in [1.807, 2.05) is 0 Å². The third kappa shape index (κ3) is 7.55. The molecule has 0 N–H and O–H groups in total. The summed E-state index contributed by atoms with van der Waals surface area (Å²) in [6, 6.07) is 11.9. The minimum absolute atomic E-state index is 0.338. The quantitative estimate of drug-likeness (QED) is 0.162. The molecule has 0 aliphatic heterocycles. The monoisotopic (exact) mass is 442 g/mol. The van der Waals surface area contributed by atoms with Crippen molar-refractivity contribution in [3.8, 4) is 11.5 Å². The van der Waals surface area contributed by atoms with Crippen molar-refractivity contribution in [2.45, 2.75) is 64.7 Å². The van der Waals surface area contributed by atoms with Crippen molar-refractivity contribution in [3.63, 3.8) is 0 Å². The number of ether oxygens (including phenoxy) is 2. The van der Waals surface area contributed by atoms with Gasteiger partial charge in [0, 0.05) is 6.07 Å². The zero-order chi connectivity index (χ0) is 21.9. The standard InChI is InChI=1S/C25H30O5S/c1-2-3-4-5-6-7-8-9-10-17-28-20-13-11-19(12-14-20)24(26)29-21-15-16-23-22(18-21)30-25(27)31-23/h11-16,18H,2-10,17H2,1H3. The third-order valence-corrected chi connectivity index (χ3v) is 5.93. The zero-order valence-corrected chi connectivity index (χ0v) is 18.9. The normalized spacial score (nSPS) is 11.0. The van der Waals surface area contributed by atoms with Crippen LogP contribution in [0.2, 0.25) is 0 Å². The summed E-state index contributed by atoms with van der Waals surface area (Å²) in [4.78, 5) is 23.3. The van der Waals surface area contributed by atoms with Crippen LogP contribution in [0.1, 0.15) is 75.1 Å². The molecular formula is C25H30O5S. The van der Waals surface area contributed by atoms with Gasteiger partial charge in [-0.1, -0.05) is 69.6 Å². The lowest BCUT2D eigenvalue weighted by molar-refractivity contribution is 0.0735. The van der Waals surface area contributed by atoms with Gasteiger partial charge in [0.25, 0.3) is 0 Å². The number of rotatable bonds is 13. The van der Waals surface area contributed by atoms with Crippen LogP contribution >= 0.6 is 11.3 Å². The number of hydrogen-bond acceptors (Lipinski definition) is 6. The topological polar surface area (TPSA) is 65.7 Å². The number of hydrogen-bond donors (Lipinski definition) is 0. The average molecular weight is 443 g/mol. The van der Waals surface area contributed by atoms with Crippen LogP contribution in [0.5, 0.6) is 11.5 Å². The van der Waals surface area contributed by atoms with Gasteiger partial charge in [-0.2, -0.15) is 0 Å². The van der Waals surface area contributed by atoms with Crippen molar-refractivity contribution < 1.29 is 18.7 Å². The van der Waals surface area contributed by atoms with Gasteiger partial charge in [-0.15, -0.1) is 0 Å². The van der Waals surface area contributed by atoms with Crippen LogP contribution in [0.3, 0.4) is 0 Å². The Labute approximate surface area is 187 Å². The van der Waals surface area contributed by atoms with E-state index in [-0.39, 0.29) is 4.94 Å². The van der Waals surface area contributed by atoms with Crippen LogP contribution in [0, 0.1) is 0 Å². The Hall–Kier alpha value is -2.60. The van der Waals surface area contributed by atoms with E-state index in [0.717, 1.165) is 28.2 Å². The third-order valence-electron chi connectivity index (χ3n) is 5.12. The molecule has 2 aromatic carbocycles. The highest BCUT2D eigenvalue weighted by Gasteiger charge is 2.11. The first-order chi connectivity index (χ1) is 15.2. The van der Waals surface area contributed by atoms with Crippen LogP contribution in [0.25, 0.3) is 10.3 Å². The lowest BCUT2D eigenvalue weighted by Crippen LogP contribution is -2.08. The van der Waals surface area contributed by atoms with Gasteiger partial charge in [0.2, 0.25) is 0 Å². The molecule has 3 rings (SSSR count). The van der Waals surface area contributed by atoms with Crippen LogP contribution in [0.15, 0.2) is 51.7 Å². The van der Waals surface area contributed by atoms with E-state index < -0.39 is 5.97 Å². The molecule has 0 saturated heterocycles. The summed E-state index contributed by atoms with van der Waals surface area (Å²) in [5.41, 5.74) is 0.850. The molecule has 6 heteroatoms. The van der Waals surface area contributed by atoms with Crippen LogP contribution in [0.4, 0.5) is 0 Å². The molecule has 31 heavy (non-hydrogen) atoms. The molecule has 0 unspecified atom stereocenters. The molecule has 0 aliphatic carbocycles. The molecule has 3 aromatic rings. The zero-order valence-electron chi connectivity index (χ0n) is 18.1. The largest absolute Gasteiger partial charge is 0.494 e. The van der Waals surface area contributed by atoms with Crippen LogP contribution in [-0.2, 0) is 0 Å². The highest BCUT2D eigenvalue weighted by Crippen LogP contribution is 2.23. The van der Waals surface area contributed by atoms with Gasteiger partial charge in [0.1, 0.15) is 11.5 Å². The van der Waals surface area contributed by atoms with E-state index >= 15 is 0 Å². The van der Waals surface area contributed by atoms with Crippen molar-refractivity contribution in [2.75, 3.05) is 6.61 Å². The predicted octanol–water partition coefficient (Wildman–Crippen LogP) is 6.98. The van der Waals surface area contributed by atoms with Gasteiger partial charge >= 0.3 is 10.9 Å². The summed E-state index contributed by atoms with van der Waals surface area (Å²) < 4.78 is 16.9. The fourth-order valence-corrected chi connectivity index (χ4v) is 4.02. The second kappa shape index (κ2) is 12.3. The highest BCUT2D eigenvalue weighted by molar-refractivity contribution is 7.16. The molecule has 0 bridgehead atoms. The van der Waals surface area contributed by atoms with Crippen molar-refractivity contribution in [3.05, 3.63) is 57.8 Å². The van der Waals surface area contributed by atoms with Crippen LogP contribution in [-0.4, -0.2) is 12.6 Å². The molecular weight excluding hydrogens is 412 g/mol.